The van der Waals surface area contributed by atoms with Crippen LogP contribution in [0.3, 0.4) is 0 Å². The number of amides is 1. The van der Waals surface area contributed by atoms with Crippen LogP contribution in [0.4, 0.5) is 0 Å². The van der Waals surface area contributed by atoms with Crippen molar-refractivity contribution in [2.45, 2.75) is 0 Å². The van der Waals surface area contributed by atoms with Crippen molar-refractivity contribution in [3.8, 4) is 0 Å². The summed E-state index contributed by atoms with van der Waals surface area (Å²) in [5.74, 6) is -0.620. The van der Waals surface area contributed by atoms with Gasteiger partial charge >= 0.3 is 0 Å². The van der Waals surface area contributed by atoms with Crippen LogP contribution >= 0.6 is 0 Å². The molecule has 0 aromatic heterocycles. The molecule has 0 unspecified atom stereocenters. The Labute approximate surface area is 145 Å². The van der Waals surface area contributed by atoms with Crippen molar-refractivity contribution in [1.29, 1.82) is 0 Å². The van der Waals surface area contributed by atoms with Gasteiger partial charge < -0.3 is 0 Å². The molecule has 1 amide bonds. The molecular formula is C21H16N2O2. The van der Waals surface area contributed by atoms with Gasteiger partial charge in [-0.1, -0.05) is 78.9 Å². The molecule has 0 aliphatic carbocycles. The summed E-state index contributed by atoms with van der Waals surface area (Å²) in [6.45, 7) is 0. The summed E-state index contributed by atoms with van der Waals surface area (Å²) in [4.78, 5) is 25.1. The molecule has 0 fully saturated rings. The van der Waals surface area contributed by atoms with Gasteiger partial charge in [0, 0.05) is 11.1 Å². The van der Waals surface area contributed by atoms with E-state index in [4.69, 9.17) is 0 Å². The highest BCUT2D eigenvalue weighted by Gasteiger charge is 2.17. The van der Waals surface area contributed by atoms with E-state index in [1.165, 1.54) is 0 Å². The highest BCUT2D eigenvalue weighted by molar-refractivity contribution is 6.15. The summed E-state index contributed by atoms with van der Waals surface area (Å²) in [5, 5.41) is 3.96. The average Bonchev–Trinajstić information content (AvgIpc) is 2.69. The van der Waals surface area contributed by atoms with Crippen molar-refractivity contribution in [2.75, 3.05) is 0 Å². The van der Waals surface area contributed by atoms with E-state index in [0.717, 1.165) is 5.56 Å². The van der Waals surface area contributed by atoms with Crippen LogP contribution in [0.25, 0.3) is 0 Å². The molecule has 0 saturated heterocycles. The number of nitrogens with one attached hydrogen (secondary N) is 1. The largest absolute Gasteiger partial charge is 0.289 e. The van der Waals surface area contributed by atoms with E-state index < -0.39 is 5.91 Å². The van der Waals surface area contributed by atoms with Gasteiger partial charge in [0.15, 0.2) is 5.78 Å². The van der Waals surface area contributed by atoms with Gasteiger partial charge in [-0.3, -0.25) is 9.59 Å². The topological polar surface area (TPSA) is 58.5 Å². The van der Waals surface area contributed by atoms with E-state index in [9.17, 15) is 9.59 Å². The summed E-state index contributed by atoms with van der Waals surface area (Å²) >= 11 is 0. The molecule has 4 nitrogen and oxygen atoms in total. The second kappa shape index (κ2) is 7.84. The molecule has 0 atom stereocenters. The predicted octanol–water partition coefficient (Wildman–Crippen LogP) is 3.68. The lowest BCUT2D eigenvalue weighted by molar-refractivity contribution is 0.0943. The quantitative estimate of drug-likeness (QED) is 0.441. The maximum Gasteiger partial charge on any atom is 0.272 e. The minimum absolute atomic E-state index is 0.196. The Hall–Kier alpha value is -3.53. The van der Waals surface area contributed by atoms with Crippen LogP contribution in [0.15, 0.2) is 90.0 Å². The van der Waals surface area contributed by atoms with Crippen LogP contribution in [-0.2, 0) is 0 Å². The third-order valence-electron chi connectivity index (χ3n) is 3.63. The van der Waals surface area contributed by atoms with E-state index >= 15 is 0 Å². The molecule has 0 saturated carbocycles. The lowest BCUT2D eigenvalue weighted by Crippen LogP contribution is -2.21. The van der Waals surface area contributed by atoms with Gasteiger partial charge in [-0.25, -0.2) is 5.43 Å². The minimum atomic E-state index is -0.424. The van der Waals surface area contributed by atoms with Crippen LogP contribution in [0.2, 0.25) is 0 Å². The number of ketones is 1. The van der Waals surface area contributed by atoms with E-state index in [1.54, 1.807) is 54.7 Å². The van der Waals surface area contributed by atoms with Crippen molar-refractivity contribution < 1.29 is 9.59 Å². The molecule has 0 radical (unpaired) electrons. The van der Waals surface area contributed by atoms with Gasteiger partial charge in [-0.05, 0) is 11.6 Å². The molecule has 3 aromatic carbocycles. The van der Waals surface area contributed by atoms with Crippen LogP contribution in [0, 0.1) is 0 Å². The number of carbonyl (C=O) groups excluding carboxylic acids is 2. The normalized spacial score (nSPS) is 10.6. The lowest BCUT2D eigenvalue weighted by atomic mass is 9.98. The summed E-state index contributed by atoms with van der Waals surface area (Å²) in [7, 11) is 0. The number of hydrazone groups is 1. The molecule has 4 heteroatoms. The number of nitrogens with zero attached hydrogens (tertiary/aromatic N) is 1. The van der Waals surface area contributed by atoms with Crippen molar-refractivity contribution in [3.05, 3.63) is 107 Å². The Balaban J connectivity index is 1.79. The van der Waals surface area contributed by atoms with E-state index in [0.29, 0.717) is 16.7 Å². The first kappa shape index (κ1) is 16.3. The first-order chi connectivity index (χ1) is 12.3. The van der Waals surface area contributed by atoms with Crippen LogP contribution in [-0.4, -0.2) is 17.9 Å². The van der Waals surface area contributed by atoms with Crippen molar-refractivity contribution >= 4 is 17.9 Å². The predicted molar refractivity (Wildman–Crippen MR) is 97.8 cm³/mol. The van der Waals surface area contributed by atoms with Crippen molar-refractivity contribution in [3.63, 3.8) is 0 Å². The fraction of sp³-hybridized carbons (Fsp3) is 0. The summed E-state index contributed by atoms with van der Waals surface area (Å²) < 4.78 is 0. The molecule has 3 rings (SSSR count). The molecular weight excluding hydrogens is 312 g/mol. The average molecular weight is 328 g/mol. The van der Waals surface area contributed by atoms with Gasteiger partial charge in [-0.15, -0.1) is 0 Å². The molecule has 1 N–H and O–H groups in total. The first-order valence-electron chi connectivity index (χ1n) is 7.83. The third-order valence-corrected chi connectivity index (χ3v) is 3.63. The molecule has 0 heterocycles. The minimum Gasteiger partial charge on any atom is -0.289 e. The zero-order chi connectivity index (χ0) is 17.5. The van der Waals surface area contributed by atoms with Gasteiger partial charge in [0.2, 0.25) is 0 Å². The standard InChI is InChI=1S/C21H16N2O2/c24-20(17-11-5-2-6-12-17)18-13-7-8-14-19(18)21(25)23-22-15-16-9-3-1-4-10-16/h1-15H,(H,23,25)/b22-15+. The number of hydrogen-bond donors (Lipinski definition) is 1. The SMILES string of the molecule is O=C(N/N=C/c1ccccc1)c1ccccc1C(=O)c1ccccc1. The van der Waals surface area contributed by atoms with Gasteiger partial charge in [0.25, 0.3) is 5.91 Å². The highest BCUT2D eigenvalue weighted by Crippen LogP contribution is 2.14. The fourth-order valence-corrected chi connectivity index (χ4v) is 2.39. The molecule has 122 valence electrons. The van der Waals surface area contributed by atoms with E-state index in [2.05, 4.69) is 10.5 Å². The second-order valence-electron chi connectivity index (χ2n) is 5.35. The van der Waals surface area contributed by atoms with Crippen LogP contribution < -0.4 is 5.43 Å². The maximum atomic E-state index is 12.6. The number of benzene rings is 3. The fourth-order valence-electron chi connectivity index (χ4n) is 2.39. The Morgan fingerprint density at radius 2 is 1.28 bits per heavy atom. The number of hydrogen-bond acceptors (Lipinski definition) is 3. The van der Waals surface area contributed by atoms with E-state index in [1.807, 2.05) is 36.4 Å². The Kier molecular flexibility index (Phi) is 5.12. The van der Waals surface area contributed by atoms with Gasteiger partial charge in [-0.2, -0.15) is 5.10 Å². The van der Waals surface area contributed by atoms with Crippen molar-refractivity contribution in [2.24, 2.45) is 5.10 Å². The summed E-state index contributed by atoms with van der Waals surface area (Å²) in [6, 6.07) is 25.0. The van der Waals surface area contributed by atoms with Gasteiger partial charge in [0.05, 0.1) is 11.8 Å². The third kappa shape index (κ3) is 4.06. The monoisotopic (exact) mass is 328 g/mol. The zero-order valence-corrected chi connectivity index (χ0v) is 13.4. The molecule has 0 aliphatic rings. The second-order valence-corrected chi connectivity index (χ2v) is 5.35. The van der Waals surface area contributed by atoms with Crippen LogP contribution in [0.5, 0.6) is 0 Å². The Bertz CT molecular complexity index is 903. The molecule has 0 spiro atoms. The summed E-state index contributed by atoms with van der Waals surface area (Å²) in [6.07, 6.45) is 1.56. The molecule has 0 bridgehead atoms. The summed E-state index contributed by atoms with van der Waals surface area (Å²) in [5.41, 5.74) is 4.52. The van der Waals surface area contributed by atoms with Crippen LogP contribution in [0.1, 0.15) is 31.8 Å². The molecule has 25 heavy (non-hydrogen) atoms. The van der Waals surface area contributed by atoms with Crippen molar-refractivity contribution in [1.82, 2.24) is 5.43 Å². The lowest BCUT2D eigenvalue weighted by Gasteiger charge is -2.07. The Morgan fingerprint density at radius 3 is 1.96 bits per heavy atom. The van der Waals surface area contributed by atoms with E-state index in [-0.39, 0.29) is 5.78 Å². The maximum absolute atomic E-state index is 12.6. The first-order valence-corrected chi connectivity index (χ1v) is 7.83. The Morgan fingerprint density at radius 1 is 0.720 bits per heavy atom. The molecule has 0 aliphatic heterocycles. The smallest absolute Gasteiger partial charge is 0.272 e. The van der Waals surface area contributed by atoms with Gasteiger partial charge in [0.1, 0.15) is 0 Å². The number of carbonyl (C=O) groups is 2. The number of rotatable bonds is 5. The molecule has 3 aromatic rings. The highest BCUT2D eigenvalue weighted by atomic mass is 16.2. The zero-order valence-electron chi connectivity index (χ0n) is 13.4.